The van der Waals surface area contributed by atoms with Crippen LogP contribution in [0.4, 0.5) is 11.4 Å². The molecule has 31 heavy (non-hydrogen) atoms. The molecule has 0 saturated heterocycles. The first-order chi connectivity index (χ1) is 14.7. The third kappa shape index (κ3) is 5.42. The fraction of sp³-hybridized carbons (Fsp3) is 0.364. The van der Waals surface area contributed by atoms with Gasteiger partial charge in [0.1, 0.15) is 0 Å². The molecule has 1 aliphatic heterocycles. The van der Waals surface area contributed by atoms with Crippen molar-refractivity contribution in [1.82, 2.24) is 5.32 Å². The zero-order valence-corrected chi connectivity index (χ0v) is 18.7. The summed E-state index contributed by atoms with van der Waals surface area (Å²) >= 11 is 0. The number of methoxy groups -OCH3 is 1. The lowest BCUT2D eigenvalue weighted by Crippen LogP contribution is -2.38. The van der Waals surface area contributed by atoms with Crippen LogP contribution in [0.2, 0.25) is 0 Å². The molecule has 0 aromatic heterocycles. The lowest BCUT2D eigenvalue weighted by atomic mass is 10.0. The predicted molar refractivity (Wildman–Crippen MR) is 120 cm³/mol. The van der Waals surface area contributed by atoms with Gasteiger partial charge in [-0.3, -0.25) is 13.9 Å². The van der Waals surface area contributed by atoms with Gasteiger partial charge in [-0.05, 0) is 48.6 Å². The topological polar surface area (TPSA) is 105 Å². The first kappa shape index (κ1) is 22.8. The highest BCUT2D eigenvalue weighted by Crippen LogP contribution is 2.31. The van der Waals surface area contributed by atoms with E-state index in [-0.39, 0.29) is 12.6 Å². The Balaban J connectivity index is 1.66. The SMILES string of the molecule is COC(CNC(=O)C(=O)Nc1ccc2c(c1)N(S(C)(=O)=O)CCC2)c1ccccc1C. The molecule has 1 aliphatic rings. The summed E-state index contributed by atoms with van der Waals surface area (Å²) in [6.07, 6.45) is 2.26. The molecule has 2 amide bonds. The van der Waals surface area contributed by atoms with E-state index >= 15 is 0 Å². The van der Waals surface area contributed by atoms with Crippen LogP contribution < -0.4 is 14.9 Å². The molecule has 166 valence electrons. The Kier molecular flexibility index (Phi) is 6.97. The predicted octanol–water partition coefficient (Wildman–Crippen LogP) is 2.15. The van der Waals surface area contributed by atoms with Gasteiger partial charge in [-0.25, -0.2) is 8.42 Å². The van der Waals surface area contributed by atoms with Crippen molar-refractivity contribution in [3.8, 4) is 0 Å². The van der Waals surface area contributed by atoms with E-state index in [9.17, 15) is 18.0 Å². The van der Waals surface area contributed by atoms with E-state index in [2.05, 4.69) is 10.6 Å². The summed E-state index contributed by atoms with van der Waals surface area (Å²) in [7, 11) is -1.88. The molecule has 8 nitrogen and oxygen atoms in total. The monoisotopic (exact) mass is 445 g/mol. The van der Waals surface area contributed by atoms with Crippen molar-refractivity contribution in [2.45, 2.75) is 25.9 Å². The quantitative estimate of drug-likeness (QED) is 0.663. The Labute approximate surface area is 182 Å². The maximum Gasteiger partial charge on any atom is 0.313 e. The highest BCUT2D eigenvalue weighted by atomic mass is 32.2. The Hall–Kier alpha value is -2.91. The minimum Gasteiger partial charge on any atom is -0.375 e. The third-order valence-electron chi connectivity index (χ3n) is 5.29. The van der Waals surface area contributed by atoms with Gasteiger partial charge in [0, 0.05) is 25.9 Å². The van der Waals surface area contributed by atoms with Gasteiger partial charge in [-0.1, -0.05) is 30.3 Å². The summed E-state index contributed by atoms with van der Waals surface area (Å²) in [5, 5.41) is 5.14. The van der Waals surface area contributed by atoms with Crippen molar-refractivity contribution < 1.29 is 22.7 Å². The number of hydrogen-bond donors (Lipinski definition) is 2. The number of carbonyl (C=O) groups is 2. The molecule has 0 bridgehead atoms. The van der Waals surface area contributed by atoms with Gasteiger partial charge in [0.15, 0.2) is 0 Å². The highest BCUT2D eigenvalue weighted by molar-refractivity contribution is 7.92. The molecular weight excluding hydrogens is 418 g/mol. The molecule has 9 heteroatoms. The van der Waals surface area contributed by atoms with Gasteiger partial charge >= 0.3 is 11.8 Å². The Morgan fingerprint density at radius 3 is 2.58 bits per heavy atom. The number of anilines is 2. The average Bonchev–Trinajstić information content (AvgIpc) is 2.73. The molecule has 2 aromatic rings. The van der Waals surface area contributed by atoms with E-state index in [1.54, 1.807) is 25.3 Å². The van der Waals surface area contributed by atoms with E-state index in [1.807, 2.05) is 31.2 Å². The number of amides is 2. The van der Waals surface area contributed by atoms with E-state index in [1.165, 1.54) is 4.31 Å². The molecular formula is C22H27N3O5S. The van der Waals surface area contributed by atoms with Gasteiger partial charge in [0.25, 0.3) is 0 Å². The minimum absolute atomic E-state index is 0.139. The standard InChI is InChI=1S/C22H27N3O5S/c1-15-7-4-5-9-18(15)20(30-2)14-23-21(26)22(27)24-17-11-10-16-8-6-12-25(19(16)13-17)31(3,28)29/h4-5,7,9-11,13,20H,6,8,12,14H2,1-3H3,(H,23,26)(H,24,27). The lowest BCUT2D eigenvalue weighted by Gasteiger charge is -2.29. The van der Waals surface area contributed by atoms with Gasteiger partial charge < -0.3 is 15.4 Å². The molecule has 0 spiro atoms. The van der Waals surface area contributed by atoms with Crippen molar-refractivity contribution in [2.24, 2.45) is 0 Å². The molecule has 0 aliphatic carbocycles. The summed E-state index contributed by atoms with van der Waals surface area (Å²) in [5.41, 5.74) is 3.74. The number of aryl methyl sites for hydroxylation is 2. The fourth-order valence-electron chi connectivity index (χ4n) is 3.69. The van der Waals surface area contributed by atoms with Crippen molar-refractivity contribution in [3.05, 3.63) is 59.2 Å². The van der Waals surface area contributed by atoms with Crippen molar-refractivity contribution in [1.29, 1.82) is 0 Å². The second-order valence-corrected chi connectivity index (χ2v) is 9.43. The van der Waals surface area contributed by atoms with Crippen molar-refractivity contribution in [2.75, 3.05) is 36.1 Å². The first-order valence-corrected chi connectivity index (χ1v) is 11.8. The molecule has 0 radical (unpaired) electrons. The summed E-state index contributed by atoms with van der Waals surface area (Å²) in [6, 6.07) is 12.7. The number of nitrogens with one attached hydrogen (secondary N) is 2. The zero-order valence-electron chi connectivity index (χ0n) is 17.8. The second-order valence-electron chi connectivity index (χ2n) is 7.53. The van der Waals surface area contributed by atoms with Gasteiger partial charge in [0.05, 0.1) is 18.0 Å². The number of hydrogen-bond acceptors (Lipinski definition) is 5. The number of fused-ring (bicyclic) bond motifs is 1. The van der Waals surface area contributed by atoms with Crippen LogP contribution in [0, 0.1) is 6.92 Å². The third-order valence-corrected chi connectivity index (χ3v) is 6.47. The largest absolute Gasteiger partial charge is 0.375 e. The van der Waals surface area contributed by atoms with Crippen molar-refractivity contribution in [3.63, 3.8) is 0 Å². The molecule has 1 unspecified atom stereocenters. The zero-order chi connectivity index (χ0) is 22.6. The van der Waals surface area contributed by atoms with E-state index in [4.69, 9.17) is 4.74 Å². The number of rotatable bonds is 6. The Morgan fingerprint density at radius 2 is 1.90 bits per heavy atom. The average molecular weight is 446 g/mol. The summed E-state index contributed by atoms with van der Waals surface area (Å²) in [4.78, 5) is 24.7. The van der Waals surface area contributed by atoms with Crippen LogP contribution in [0.25, 0.3) is 0 Å². The number of benzene rings is 2. The fourth-order valence-corrected chi connectivity index (χ4v) is 4.67. The van der Waals surface area contributed by atoms with Crippen LogP contribution in [0.15, 0.2) is 42.5 Å². The summed E-state index contributed by atoms with van der Waals surface area (Å²) < 4.78 is 30.9. The molecule has 0 saturated carbocycles. The molecule has 2 aromatic carbocycles. The van der Waals surface area contributed by atoms with Crippen LogP contribution in [0.3, 0.4) is 0 Å². The molecule has 1 heterocycles. The first-order valence-electron chi connectivity index (χ1n) is 9.99. The van der Waals surface area contributed by atoms with Gasteiger partial charge in [-0.2, -0.15) is 0 Å². The summed E-state index contributed by atoms with van der Waals surface area (Å²) in [6.45, 7) is 2.48. The van der Waals surface area contributed by atoms with E-state index in [0.717, 1.165) is 35.8 Å². The highest BCUT2D eigenvalue weighted by Gasteiger charge is 2.25. The van der Waals surface area contributed by atoms with Gasteiger partial charge in [-0.15, -0.1) is 0 Å². The Bertz CT molecular complexity index is 1080. The number of sulfonamides is 1. The van der Waals surface area contributed by atoms with Crippen LogP contribution in [0.5, 0.6) is 0 Å². The smallest absolute Gasteiger partial charge is 0.313 e. The van der Waals surface area contributed by atoms with E-state index in [0.29, 0.717) is 17.9 Å². The van der Waals surface area contributed by atoms with Crippen molar-refractivity contribution >= 4 is 33.2 Å². The van der Waals surface area contributed by atoms with Crippen LogP contribution in [-0.4, -0.2) is 46.7 Å². The number of ether oxygens (including phenoxy) is 1. The maximum absolute atomic E-state index is 12.4. The minimum atomic E-state index is -3.42. The van der Waals surface area contributed by atoms with Crippen LogP contribution >= 0.6 is 0 Å². The summed E-state index contributed by atoms with van der Waals surface area (Å²) in [5.74, 6) is -1.63. The van der Waals surface area contributed by atoms with Gasteiger partial charge in [0.2, 0.25) is 10.0 Å². The normalized spacial score (nSPS) is 14.5. The molecule has 2 N–H and O–H groups in total. The lowest BCUT2D eigenvalue weighted by molar-refractivity contribution is -0.136. The Morgan fingerprint density at radius 1 is 1.16 bits per heavy atom. The van der Waals surface area contributed by atoms with Crippen LogP contribution in [-0.2, 0) is 30.8 Å². The molecule has 3 rings (SSSR count). The number of nitrogens with zero attached hydrogens (tertiary/aromatic N) is 1. The molecule has 0 fully saturated rings. The number of carbonyl (C=O) groups excluding carboxylic acids is 2. The second kappa shape index (κ2) is 9.49. The van der Waals surface area contributed by atoms with E-state index < -0.39 is 21.8 Å². The van der Waals surface area contributed by atoms with Crippen LogP contribution in [0.1, 0.15) is 29.2 Å². The molecule has 1 atom stereocenters. The maximum atomic E-state index is 12.4.